The van der Waals surface area contributed by atoms with Gasteiger partial charge in [-0.15, -0.1) is 0 Å². The number of alkyl halides is 4. The maximum atomic E-state index is 14.1. The molecule has 8 nitrogen and oxygen atoms in total. The number of anilines is 1. The average molecular weight is 452 g/mol. The predicted molar refractivity (Wildman–Crippen MR) is 93.2 cm³/mol. The van der Waals surface area contributed by atoms with Gasteiger partial charge in [0.15, 0.2) is 17.5 Å². The lowest BCUT2D eigenvalue weighted by Gasteiger charge is -2.13. The highest BCUT2D eigenvalue weighted by atomic mass is 32.2. The molecule has 0 saturated heterocycles. The number of fused-ring (bicyclic) bond motifs is 1. The second-order valence-corrected chi connectivity index (χ2v) is 7.35. The van der Waals surface area contributed by atoms with Crippen LogP contribution in [0.5, 0.6) is 11.8 Å². The molecule has 30 heavy (non-hydrogen) atoms. The highest BCUT2D eigenvalue weighted by Gasteiger charge is 2.24. The van der Waals surface area contributed by atoms with E-state index in [-0.39, 0.29) is 11.2 Å². The van der Waals surface area contributed by atoms with Crippen LogP contribution in [-0.2, 0) is 10.0 Å². The van der Waals surface area contributed by atoms with Crippen molar-refractivity contribution in [3.8, 4) is 11.8 Å². The smallest absolute Gasteiger partial charge is 0.279 e. The number of imidazole rings is 1. The minimum Gasteiger partial charge on any atom is -0.479 e. The normalized spacial score (nSPS) is 12.0. The molecule has 0 bridgehead atoms. The van der Waals surface area contributed by atoms with Crippen LogP contribution in [-0.4, -0.2) is 42.9 Å². The van der Waals surface area contributed by atoms with Gasteiger partial charge in [0.1, 0.15) is 11.3 Å². The van der Waals surface area contributed by atoms with Crippen molar-refractivity contribution in [1.29, 1.82) is 0 Å². The van der Waals surface area contributed by atoms with Crippen LogP contribution in [0.25, 0.3) is 5.65 Å². The molecule has 0 aliphatic rings. The summed E-state index contributed by atoms with van der Waals surface area (Å²) in [4.78, 5) is 7.32. The molecule has 3 aromatic rings. The van der Waals surface area contributed by atoms with Crippen molar-refractivity contribution in [3.63, 3.8) is 0 Å². The number of nitrogens with one attached hydrogen (secondary N) is 1. The maximum Gasteiger partial charge on any atom is 0.279 e. The van der Waals surface area contributed by atoms with Gasteiger partial charge in [0.2, 0.25) is 5.88 Å². The molecule has 0 amide bonds. The molecule has 0 spiro atoms. The van der Waals surface area contributed by atoms with Crippen LogP contribution in [0.3, 0.4) is 0 Å². The highest BCUT2D eigenvalue weighted by molar-refractivity contribution is 7.92. The Labute approximate surface area is 166 Å². The minimum absolute atomic E-state index is 0.0554. The number of aromatic nitrogens is 3. The van der Waals surface area contributed by atoms with Crippen molar-refractivity contribution in [3.05, 3.63) is 42.0 Å². The van der Waals surface area contributed by atoms with Crippen molar-refractivity contribution in [1.82, 2.24) is 14.4 Å². The van der Waals surface area contributed by atoms with Crippen LogP contribution in [0.2, 0.25) is 0 Å². The SMILES string of the molecule is COc1nc(OCC(F)F)c(F)cc1NS(=O)(=O)c1cnc2cc(C(F)F)ccn12. The Morgan fingerprint density at radius 1 is 1.20 bits per heavy atom. The number of hydrogen-bond acceptors (Lipinski definition) is 6. The average Bonchev–Trinajstić information content (AvgIpc) is 3.11. The molecule has 0 radical (unpaired) electrons. The van der Waals surface area contributed by atoms with E-state index in [2.05, 4.69) is 14.7 Å². The number of rotatable bonds is 8. The van der Waals surface area contributed by atoms with Crippen molar-refractivity contribution < 1.29 is 39.8 Å². The molecule has 3 rings (SSSR count). The lowest BCUT2D eigenvalue weighted by atomic mass is 10.3. The Morgan fingerprint density at radius 2 is 1.93 bits per heavy atom. The number of nitrogens with zero attached hydrogens (tertiary/aromatic N) is 3. The summed E-state index contributed by atoms with van der Waals surface area (Å²) in [5, 5.41) is -0.432. The van der Waals surface area contributed by atoms with E-state index in [1.54, 1.807) is 0 Å². The largest absolute Gasteiger partial charge is 0.479 e. The number of halogens is 5. The van der Waals surface area contributed by atoms with Gasteiger partial charge in [-0.3, -0.25) is 9.12 Å². The molecule has 3 heterocycles. The van der Waals surface area contributed by atoms with Gasteiger partial charge in [-0.25, -0.2) is 26.9 Å². The fraction of sp³-hybridized carbons (Fsp3) is 0.250. The molecule has 1 N–H and O–H groups in total. The number of sulfonamides is 1. The zero-order valence-electron chi connectivity index (χ0n) is 15.0. The first-order valence-electron chi connectivity index (χ1n) is 8.06. The van der Waals surface area contributed by atoms with Crippen molar-refractivity contribution in [2.45, 2.75) is 17.9 Å². The van der Waals surface area contributed by atoms with Crippen LogP contribution in [0, 0.1) is 5.82 Å². The monoisotopic (exact) mass is 452 g/mol. The zero-order valence-corrected chi connectivity index (χ0v) is 15.8. The summed E-state index contributed by atoms with van der Waals surface area (Å²) in [6.45, 7) is -1.12. The van der Waals surface area contributed by atoms with Gasteiger partial charge in [0.05, 0.1) is 13.3 Å². The summed E-state index contributed by atoms with van der Waals surface area (Å²) in [7, 11) is -3.31. The van der Waals surface area contributed by atoms with Crippen LogP contribution < -0.4 is 14.2 Å². The summed E-state index contributed by atoms with van der Waals surface area (Å²) in [6.07, 6.45) is -3.64. The van der Waals surface area contributed by atoms with Gasteiger partial charge >= 0.3 is 0 Å². The first-order chi connectivity index (χ1) is 14.1. The second-order valence-electron chi connectivity index (χ2n) is 5.73. The van der Waals surface area contributed by atoms with Crippen molar-refractivity contribution in [2.24, 2.45) is 0 Å². The fourth-order valence-electron chi connectivity index (χ4n) is 2.43. The zero-order chi connectivity index (χ0) is 22.1. The Hall–Kier alpha value is -3.16. The van der Waals surface area contributed by atoms with Crippen molar-refractivity contribution in [2.75, 3.05) is 18.4 Å². The molecular weight excluding hydrogens is 439 g/mol. The molecule has 3 aromatic heterocycles. The predicted octanol–water partition coefficient (Wildman–Crippen LogP) is 3.26. The lowest BCUT2D eigenvalue weighted by molar-refractivity contribution is 0.0770. The second kappa shape index (κ2) is 8.30. The number of hydrogen-bond donors (Lipinski definition) is 1. The number of pyridine rings is 2. The van der Waals surface area contributed by atoms with E-state index in [1.807, 2.05) is 4.72 Å². The molecule has 14 heteroatoms. The van der Waals surface area contributed by atoms with Gasteiger partial charge in [-0.1, -0.05) is 0 Å². The van der Waals surface area contributed by atoms with Crippen LogP contribution >= 0.6 is 0 Å². The quantitative estimate of drug-likeness (QED) is 0.528. The van der Waals surface area contributed by atoms with Crippen LogP contribution in [0.1, 0.15) is 12.0 Å². The third kappa shape index (κ3) is 4.37. The van der Waals surface area contributed by atoms with E-state index in [0.29, 0.717) is 6.07 Å². The Morgan fingerprint density at radius 3 is 2.57 bits per heavy atom. The van der Waals surface area contributed by atoms with Gasteiger partial charge in [0.25, 0.3) is 28.8 Å². The summed E-state index contributed by atoms with van der Waals surface area (Å²) in [5.41, 5.74) is -0.851. The molecular formula is C16H13F5N4O4S. The number of ether oxygens (including phenoxy) is 2. The third-order valence-corrected chi connectivity index (χ3v) is 5.06. The summed E-state index contributed by atoms with van der Waals surface area (Å²) in [5.74, 6) is -2.46. The standard InChI is InChI=1S/C16H13F5N4O4S/c1-28-16-10(5-9(17)15(23-16)29-7-11(18)19)24-30(26,27)13-6-22-12-4-8(14(20)21)2-3-25(12)13/h2-6,11,14,24H,7H2,1H3. The summed E-state index contributed by atoms with van der Waals surface area (Å²) in [6, 6.07) is 2.68. The van der Waals surface area contributed by atoms with Crippen LogP contribution in [0.15, 0.2) is 35.6 Å². The molecule has 0 aliphatic carbocycles. The van der Waals surface area contributed by atoms with Gasteiger partial charge in [-0.2, -0.15) is 13.4 Å². The van der Waals surface area contributed by atoms with Gasteiger partial charge in [0, 0.05) is 17.8 Å². The molecule has 0 aromatic carbocycles. The lowest BCUT2D eigenvalue weighted by Crippen LogP contribution is -2.17. The maximum absolute atomic E-state index is 14.1. The van der Waals surface area contributed by atoms with Crippen molar-refractivity contribution >= 4 is 21.4 Å². The topological polar surface area (TPSA) is 94.8 Å². The minimum atomic E-state index is -4.40. The van der Waals surface area contributed by atoms with Crippen LogP contribution in [0.4, 0.5) is 27.6 Å². The van der Waals surface area contributed by atoms with E-state index < -0.39 is 57.8 Å². The first-order valence-corrected chi connectivity index (χ1v) is 9.54. The molecule has 0 unspecified atom stereocenters. The third-order valence-electron chi connectivity index (χ3n) is 3.72. The highest BCUT2D eigenvalue weighted by Crippen LogP contribution is 2.30. The Bertz CT molecular complexity index is 1170. The summed E-state index contributed by atoms with van der Waals surface area (Å²) < 4.78 is 102. The molecule has 0 fully saturated rings. The van der Waals surface area contributed by atoms with E-state index in [1.165, 1.54) is 0 Å². The van der Waals surface area contributed by atoms with E-state index in [0.717, 1.165) is 36.0 Å². The Balaban J connectivity index is 1.95. The molecule has 0 atom stereocenters. The van der Waals surface area contributed by atoms with E-state index >= 15 is 0 Å². The number of methoxy groups -OCH3 is 1. The Kier molecular flexibility index (Phi) is 5.96. The van der Waals surface area contributed by atoms with E-state index in [9.17, 15) is 30.4 Å². The van der Waals surface area contributed by atoms with E-state index in [4.69, 9.17) is 4.74 Å². The molecule has 0 aliphatic heterocycles. The first kappa shape index (κ1) is 21.5. The van der Waals surface area contributed by atoms with Gasteiger partial charge < -0.3 is 9.47 Å². The summed E-state index contributed by atoms with van der Waals surface area (Å²) >= 11 is 0. The fourth-order valence-corrected chi connectivity index (χ4v) is 3.58. The molecule has 162 valence electrons. The molecule has 0 saturated carbocycles. The van der Waals surface area contributed by atoms with Gasteiger partial charge in [-0.05, 0) is 12.1 Å².